The van der Waals surface area contributed by atoms with E-state index in [0.29, 0.717) is 18.6 Å². The maximum absolute atomic E-state index is 12.1. The molecule has 0 bridgehead atoms. The van der Waals surface area contributed by atoms with E-state index in [-0.39, 0.29) is 11.8 Å². The van der Waals surface area contributed by atoms with Crippen molar-refractivity contribution in [1.29, 1.82) is 0 Å². The summed E-state index contributed by atoms with van der Waals surface area (Å²) in [5.74, 6) is 0.723. The molecule has 18 heavy (non-hydrogen) atoms. The SMILES string of the molecule is CCC(=O)C1CCN(C(=O)Cc2cccs2)CC1. The van der Waals surface area contributed by atoms with E-state index < -0.39 is 0 Å². The molecular formula is C14H19NO2S. The third-order valence-corrected chi connectivity index (χ3v) is 4.43. The standard InChI is InChI=1S/C14H19NO2S/c1-2-13(16)11-5-7-15(8-6-11)14(17)10-12-4-3-9-18-12/h3-4,9,11H,2,5-8,10H2,1H3. The van der Waals surface area contributed by atoms with Crippen LogP contribution in [0.25, 0.3) is 0 Å². The predicted octanol–water partition coefficient (Wildman–Crippen LogP) is 2.51. The number of nitrogens with zero attached hydrogens (tertiary/aromatic N) is 1. The third-order valence-electron chi connectivity index (χ3n) is 3.56. The van der Waals surface area contributed by atoms with Gasteiger partial charge in [-0.25, -0.2) is 0 Å². The summed E-state index contributed by atoms with van der Waals surface area (Å²) in [5, 5.41) is 1.99. The Labute approximate surface area is 112 Å². The molecule has 98 valence electrons. The number of likely N-dealkylation sites (tertiary alicyclic amines) is 1. The van der Waals surface area contributed by atoms with Gasteiger partial charge < -0.3 is 4.90 Å². The van der Waals surface area contributed by atoms with Crippen LogP contribution < -0.4 is 0 Å². The maximum atomic E-state index is 12.1. The maximum Gasteiger partial charge on any atom is 0.227 e. The summed E-state index contributed by atoms with van der Waals surface area (Å²) < 4.78 is 0. The van der Waals surface area contributed by atoms with Gasteiger partial charge in [-0.2, -0.15) is 0 Å². The zero-order chi connectivity index (χ0) is 13.0. The van der Waals surface area contributed by atoms with Crippen molar-refractivity contribution in [3.05, 3.63) is 22.4 Å². The molecule has 4 heteroatoms. The summed E-state index contributed by atoms with van der Waals surface area (Å²) >= 11 is 1.62. The fourth-order valence-corrected chi connectivity index (χ4v) is 3.11. The highest BCUT2D eigenvalue weighted by Crippen LogP contribution is 2.20. The largest absolute Gasteiger partial charge is 0.342 e. The molecule has 0 N–H and O–H groups in total. The molecule has 2 heterocycles. The smallest absolute Gasteiger partial charge is 0.227 e. The van der Waals surface area contributed by atoms with Crippen LogP contribution in [0.4, 0.5) is 0 Å². The van der Waals surface area contributed by atoms with E-state index in [1.807, 2.05) is 29.3 Å². The zero-order valence-electron chi connectivity index (χ0n) is 10.7. The van der Waals surface area contributed by atoms with Crippen molar-refractivity contribution in [2.45, 2.75) is 32.6 Å². The molecule has 0 aromatic carbocycles. The minimum Gasteiger partial charge on any atom is -0.342 e. The van der Waals surface area contributed by atoms with E-state index in [1.54, 1.807) is 11.3 Å². The molecule has 1 saturated heterocycles. The van der Waals surface area contributed by atoms with Crippen LogP contribution in [0.2, 0.25) is 0 Å². The number of carbonyl (C=O) groups is 2. The molecule has 1 amide bonds. The van der Waals surface area contributed by atoms with Gasteiger partial charge in [0.2, 0.25) is 5.91 Å². The Hall–Kier alpha value is -1.16. The molecule has 0 atom stereocenters. The van der Waals surface area contributed by atoms with Gasteiger partial charge in [0.15, 0.2) is 0 Å². The number of carbonyl (C=O) groups excluding carboxylic acids is 2. The van der Waals surface area contributed by atoms with Crippen LogP contribution >= 0.6 is 11.3 Å². The molecule has 1 fully saturated rings. The molecule has 0 radical (unpaired) electrons. The topological polar surface area (TPSA) is 37.4 Å². The average Bonchev–Trinajstić information content (AvgIpc) is 2.91. The summed E-state index contributed by atoms with van der Waals surface area (Å²) in [6, 6.07) is 3.97. The summed E-state index contributed by atoms with van der Waals surface area (Å²) in [6.45, 7) is 3.39. The van der Waals surface area contributed by atoms with Crippen molar-refractivity contribution in [2.24, 2.45) is 5.92 Å². The summed E-state index contributed by atoms with van der Waals surface area (Å²) in [5.41, 5.74) is 0. The minimum absolute atomic E-state index is 0.181. The quantitative estimate of drug-likeness (QED) is 0.839. The summed E-state index contributed by atoms with van der Waals surface area (Å²) in [6.07, 6.45) is 2.80. The Balaban J connectivity index is 1.82. The zero-order valence-corrected chi connectivity index (χ0v) is 11.5. The number of Topliss-reactive ketones (excluding diaryl/α,β-unsaturated/α-hetero) is 1. The van der Waals surface area contributed by atoms with Gasteiger partial charge in [0, 0.05) is 30.3 Å². The van der Waals surface area contributed by atoms with Gasteiger partial charge in [0.1, 0.15) is 5.78 Å². The lowest BCUT2D eigenvalue weighted by molar-refractivity contribution is -0.134. The Morgan fingerprint density at radius 3 is 2.67 bits per heavy atom. The van der Waals surface area contributed by atoms with Gasteiger partial charge in [-0.1, -0.05) is 13.0 Å². The van der Waals surface area contributed by atoms with Crippen LogP contribution in [0.5, 0.6) is 0 Å². The van der Waals surface area contributed by atoms with Crippen LogP contribution in [-0.2, 0) is 16.0 Å². The lowest BCUT2D eigenvalue weighted by Gasteiger charge is -2.31. The first kappa shape index (κ1) is 13.3. The number of rotatable bonds is 4. The molecule has 1 aromatic heterocycles. The van der Waals surface area contributed by atoms with Gasteiger partial charge in [-0.15, -0.1) is 11.3 Å². The lowest BCUT2D eigenvalue weighted by atomic mass is 9.91. The first-order valence-corrected chi connectivity index (χ1v) is 7.41. The normalized spacial score (nSPS) is 16.8. The van der Waals surface area contributed by atoms with Crippen molar-refractivity contribution in [3.8, 4) is 0 Å². The van der Waals surface area contributed by atoms with Gasteiger partial charge in [-0.3, -0.25) is 9.59 Å². The number of ketones is 1. The van der Waals surface area contributed by atoms with Gasteiger partial charge in [-0.05, 0) is 24.3 Å². The van der Waals surface area contributed by atoms with Crippen molar-refractivity contribution in [1.82, 2.24) is 4.90 Å². The van der Waals surface area contributed by atoms with Crippen LogP contribution in [-0.4, -0.2) is 29.7 Å². The molecule has 3 nitrogen and oxygen atoms in total. The van der Waals surface area contributed by atoms with E-state index in [0.717, 1.165) is 30.8 Å². The monoisotopic (exact) mass is 265 g/mol. The third kappa shape index (κ3) is 3.19. The molecule has 2 rings (SSSR count). The van der Waals surface area contributed by atoms with Crippen molar-refractivity contribution in [2.75, 3.05) is 13.1 Å². The van der Waals surface area contributed by atoms with Crippen molar-refractivity contribution in [3.63, 3.8) is 0 Å². The second kappa shape index (κ2) is 6.14. The van der Waals surface area contributed by atoms with Gasteiger partial charge >= 0.3 is 0 Å². The average molecular weight is 265 g/mol. The van der Waals surface area contributed by atoms with E-state index >= 15 is 0 Å². The van der Waals surface area contributed by atoms with Crippen molar-refractivity contribution >= 4 is 23.0 Å². The van der Waals surface area contributed by atoms with Crippen LogP contribution in [0.1, 0.15) is 31.1 Å². The number of hydrogen-bond donors (Lipinski definition) is 0. The van der Waals surface area contributed by atoms with Gasteiger partial charge in [0.05, 0.1) is 6.42 Å². The summed E-state index contributed by atoms with van der Waals surface area (Å²) in [4.78, 5) is 26.7. The Kier molecular flexibility index (Phi) is 4.53. The number of hydrogen-bond acceptors (Lipinski definition) is 3. The Morgan fingerprint density at radius 2 is 2.11 bits per heavy atom. The molecule has 0 saturated carbocycles. The molecule has 1 aromatic rings. The van der Waals surface area contributed by atoms with E-state index in [1.165, 1.54) is 0 Å². The fraction of sp³-hybridized carbons (Fsp3) is 0.571. The Bertz CT molecular complexity index is 405. The number of amides is 1. The highest BCUT2D eigenvalue weighted by molar-refractivity contribution is 7.10. The second-order valence-corrected chi connectivity index (χ2v) is 5.76. The molecule has 1 aliphatic rings. The highest BCUT2D eigenvalue weighted by Gasteiger charge is 2.26. The molecule has 1 aliphatic heterocycles. The lowest BCUT2D eigenvalue weighted by Crippen LogP contribution is -2.40. The first-order valence-electron chi connectivity index (χ1n) is 6.53. The molecule has 0 aliphatic carbocycles. The number of piperidine rings is 1. The molecule has 0 spiro atoms. The van der Waals surface area contributed by atoms with E-state index in [2.05, 4.69) is 0 Å². The van der Waals surface area contributed by atoms with Crippen molar-refractivity contribution < 1.29 is 9.59 Å². The van der Waals surface area contributed by atoms with Crippen LogP contribution in [0, 0.1) is 5.92 Å². The van der Waals surface area contributed by atoms with E-state index in [9.17, 15) is 9.59 Å². The summed E-state index contributed by atoms with van der Waals surface area (Å²) in [7, 11) is 0. The van der Waals surface area contributed by atoms with Crippen LogP contribution in [0.15, 0.2) is 17.5 Å². The predicted molar refractivity (Wildman–Crippen MR) is 72.6 cm³/mol. The fourth-order valence-electron chi connectivity index (χ4n) is 2.41. The minimum atomic E-state index is 0.181. The molecular weight excluding hydrogens is 246 g/mol. The van der Waals surface area contributed by atoms with Gasteiger partial charge in [0.25, 0.3) is 0 Å². The number of thiophene rings is 1. The van der Waals surface area contributed by atoms with Crippen LogP contribution in [0.3, 0.4) is 0 Å². The first-order chi connectivity index (χ1) is 8.70. The molecule has 0 unspecified atom stereocenters. The Morgan fingerprint density at radius 1 is 1.39 bits per heavy atom. The second-order valence-electron chi connectivity index (χ2n) is 4.73. The van der Waals surface area contributed by atoms with E-state index in [4.69, 9.17) is 0 Å². The highest BCUT2D eigenvalue weighted by atomic mass is 32.1.